The number of carbonyl (C=O) groups is 9. The number of carboxylic acid groups (broad SMARTS) is 2. The molecule has 0 aliphatic heterocycles. The number of H-pyrrole nitrogens is 1. The Labute approximate surface area is 308 Å². The van der Waals surface area contributed by atoms with Crippen molar-refractivity contribution in [2.24, 2.45) is 33.8 Å². The number of aliphatic imine (C=N–C) groups is 1. The predicted molar refractivity (Wildman–Crippen MR) is 187 cm³/mol. The predicted octanol–water partition coefficient (Wildman–Crippen LogP) is -6.01. The molecule has 1 aromatic rings. The number of nitrogens with one attached hydrogen (secondary N) is 7. The molecule has 0 aliphatic rings. The fourth-order valence-corrected chi connectivity index (χ4v) is 4.69. The Kier molecular flexibility index (Phi) is 19.7. The first-order valence-corrected chi connectivity index (χ1v) is 16.6. The van der Waals surface area contributed by atoms with Crippen LogP contribution in [0.2, 0.25) is 0 Å². The van der Waals surface area contributed by atoms with E-state index in [0.717, 1.165) is 0 Å². The largest absolute Gasteiger partial charge is 0.481 e. The maximum absolute atomic E-state index is 13.6. The Hall–Kier alpha value is -6.33. The van der Waals surface area contributed by atoms with Crippen LogP contribution < -0.4 is 54.8 Å². The Morgan fingerprint density at radius 2 is 1.35 bits per heavy atom. The molecule has 300 valence electrons. The van der Waals surface area contributed by atoms with Gasteiger partial charge < -0.3 is 70.0 Å². The average molecular weight is 768 g/mol. The number of carboxylic acids is 2. The number of hydrogen-bond donors (Lipinski definition) is 13. The van der Waals surface area contributed by atoms with Crippen molar-refractivity contribution < 1.29 is 53.4 Å². The van der Waals surface area contributed by atoms with E-state index < -0.39 is 109 Å². The number of nitrogens with zero attached hydrogens (tertiary/aromatic N) is 2. The first-order chi connectivity index (χ1) is 25.3. The van der Waals surface area contributed by atoms with Crippen LogP contribution in [-0.2, 0) is 49.6 Å². The second-order valence-electron chi connectivity index (χ2n) is 12.3. The van der Waals surface area contributed by atoms with E-state index in [-0.39, 0.29) is 44.1 Å². The number of nitrogens with two attached hydrogens (primary N) is 4. The summed E-state index contributed by atoms with van der Waals surface area (Å²) >= 11 is 0. The van der Waals surface area contributed by atoms with Crippen molar-refractivity contribution in [1.82, 2.24) is 41.9 Å². The Balaban J connectivity index is 3.27. The lowest BCUT2D eigenvalue weighted by Crippen LogP contribution is -2.59. The second-order valence-corrected chi connectivity index (χ2v) is 12.3. The molecule has 0 saturated heterocycles. The molecule has 0 saturated carbocycles. The van der Waals surface area contributed by atoms with Crippen molar-refractivity contribution >= 4 is 59.2 Å². The molecule has 0 aliphatic carbocycles. The van der Waals surface area contributed by atoms with Crippen LogP contribution in [0, 0.1) is 5.92 Å². The third-order valence-corrected chi connectivity index (χ3v) is 7.21. The van der Waals surface area contributed by atoms with Gasteiger partial charge in [-0.05, 0) is 25.2 Å². The Bertz CT molecular complexity index is 1510. The van der Waals surface area contributed by atoms with Crippen LogP contribution in [0.25, 0.3) is 0 Å². The minimum absolute atomic E-state index is 0.0204. The summed E-state index contributed by atoms with van der Waals surface area (Å²) in [6.45, 7) is 2.16. The molecule has 24 nitrogen and oxygen atoms in total. The lowest BCUT2D eigenvalue weighted by Gasteiger charge is -2.26. The number of primary amides is 1. The van der Waals surface area contributed by atoms with Crippen molar-refractivity contribution in [3.05, 3.63) is 18.2 Å². The molecule has 24 heteroatoms. The molecule has 1 aromatic heterocycles. The van der Waals surface area contributed by atoms with Gasteiger partial charge in [-0.15, -0.1) is 0 Å². The van der Waals surface area contributed by atoms with Crippen molar-refractivity contribution in [3.8, 4) is 0 Å². The summed E-state index contributed by atoms with van der Waals surface area (Å²) in [4.78, 5) is 123. The number of hydrogen-bond acceptors (Lipinski definition) is 12. The maximum Gasteiger partial charge on any atom is 0.326 e. The highest BCUT2D eigenvalue weighted by atomic mass is 16.4. The minimum atomic E-state index is -1.65. The van der Waals surface area contributed by atoms with E-state index in [1.807, 2.05) is 0 Å². The van der Waals surface area contributed by atoms with Crippen molar-refractivity contribution in [2.75, 3.05) is 19.6 Å². The highest BCUT2D eigenvalue weighted by Gasteiger charge is 2.33. The van der Waals surface area contributed by atoms with Crippen LogP contribution in [0.1, 0.15) is 51.6 Å². The van der Waals surface area contributed by atoms with Gasteiger partial charge in [0.1, 0.15) is 30.2 Å². The monoisotopic (exact) mass is 767 g/mol. The molecule has 54 heavy (non-hydrogen) atoms. The second kappa shape index (κ2) is 23.3. The van der Waals surface area contributed by atoms with Crippen LogP contribution in [-0.4, -0.2) is 129 Å². The van der Waals surface area contributed by atoms with E-state index in [1.165, 1.54) is 12.5 Å². The zero-order chi connectivity index (χ0) is 41.0. The molecule has 5 unspecified atom stereocenters. The van der Waals surface area contributed by atoms with E-state index in [4.69, 9.17) is 28.0 Å². The number of aromatic amines is 1. The molecule has 0 spiro atoms. The summed E-state index contributed by atoms with van der Waals surface area (Å²) < 4.78 is 0. The van der Waals surface area contributed by atoms with E-state index in [2.05, 4.69) is 46.9 Å². The first kappa shape index (κ1) is 45.7. The number of aliphatic carboxylic acids is 2. The minimum Gasteiger partial charge on any atom is -0.481 e. The fourth-order valence-electron chi connectivity index (χ4n) is 4.69. The molecule has 0 bridgehead atoms. The number of amides is 7. The smallest absolute Gasteiger partial charge is 0.326 e. The van der Waals surface area contributed by atoms with E-state index in [9.17, 15) is 48.3 Å². The van der Waals surface area contributed by atoms with Gasteiger partial charge in [0, 0.05) is 24.9 Å². The highest BCUT2D eigenvalue weighted by molar-refractivity contribution is 5.97. The van der Waals surface area contributed by atoms with Gasteiger partial charge in [-0.2, -0.15) is 0 Å². The van der Waals surface area contributed by atoms with E-state index in [0.29, 0.717) is 5.69 Å². The summed E-state index contributed by atoms with van der Waals surface area (Å²) in [6, 6.07) is -7.47. The molecule has 0 radical (unpaired) electrons. The molecule has 17 N–H and O–H groups in total. The molecule has 1 rings (SSSR count). The molecule has 0 aromatic carbocycles. The summed E-state index contributed by atoms with van der Waals surface area (Å²) in [6.07, 6.45) is 0.863. The maximum atomic E-state index is 13.6. The zero-order valence-electron chi connectivity index (χ0n) is 29.8. The van der Waals surface area contributed by atoms with Crippen molar-refractivity contribution in [2.45, 2.75) is 82.6 Å². The van der Waals surface area contributed by atoms with Crippen molar-refractivity contribution in [1.29, 1.82) is 0 Å². The third-order valence-electron chi connectivity index (χ3n) is 7.21. The van der Waals surface area contributed by atoms with Crippen LogP contribution in [0.5, 0.6) is 0 Å². The number of rotatable bonds is 25. The van der Waals surface area contributed by atoms with Gasteiger partial charge in [0.25, 0.3) is 0 Å². The van der Waals surface area contributed by atoms with E-state index in [1.54, 1.807) is 13.8 Å². The van der Waals surface area contributed by atoms with Gasteiger partial charge in [-0.1, -0.05) is 13.8 Å². The van der Waals surface area contributed by atoms with E-state index >= 15 is 0 Å². The quantitative estimate of drug-likeness (QED) is 0.0250. The average Bonchev–Trinajstić information content (AvgIpc) is 3.59. The van der Waals surface area contributed by atoms with Gasteiger partial charge in [0.05, 0.1) is 32.3 Å². The van der Waals surface area contributed by atoms with Crippen molar-refractivity contribution in [3.63, 3.8) is 0 Å². The Morgan fingerprint density at radius 1 is 0.778 bits per heavy atom. The topological polar surface area (TPSA) is 411 Å². The Morgan fingerprint density at radius 3 is 1.89 bits per heavy atom. The highest BCUT2D eigenvalue weighted by Crippen LogP contribution is 2.08. The fraction of sp³-hybridized carbons (Fsp3) is 0.567. The van der Waals surface area contributed by atoms with Crippen LogP contribution in [0.3, 0.4) is 0 Å². The standard InChI is InChI=1S/C30H49N13O11/c1-14(2)6-20(29(53)54)43-28(52)18(8-21(32)44)42-27(51)17(7-15-11-35-13-38-15)41-26(50)16(4-3-5-36-30(33)34)39-23(46)12-37-25(49)19(9-24(47)48)40-22(45)10-31/h11,13-14,16-20H,3-10,12,31H2,1-2H3,(H2,32,44)(H,35,38)(H,37,49)(H,39,46)(H,40,45)(H,41,50)(H,42,51)(H,43,52)(H,47,48)(H,53,54)(H4,33,34,36). The summed E-state index contributed by atoms with van der Waals surface area (Å²) in [7, 11) is 0. The molecular weight excluding hydrogens is 718 g/mol. The molecule has 7 amide bonds. The SMILES string of the molecule is CC(C)CC(NC(=O)C(CC(N)=O)NC(=O)C(Cc1cnc[nH]1)NC(=O)C(CCCN=C(N)N)NC(=O)CNC(=O)C(CC(=O)O)NC(=O)CN)C(=O)O. The van der Waals surface area contributed by atoms with Crippen LogP contribution in [0.15, 0.2) is 17.5 Å². The van der Waals surface area contributed by atoms with Gasteiger partial charge in [-0.3, -0.25) is 43.3 Å². The van der Waals surface area contributed by atoms with Gasteiger partial charge in [0.15, 0.2) is 5.96 Å². The normalized spacial score (nSPS) is 13.5. The van der Waals surface area contributed by atoms with Gasteiger partial charge >= 0.3 is 11.9 Å². The van der Waals surface area contributed by atoms with Crippen LogP contribution >= 0.6 is 0 Å². The first-order valence-electron chi connectivity index (χ1n) is 16.6. The molecule has 5 atom stereocenters. The van der Waals surface area contributed by atoms with Gasteiger partial charge in [-0.25, -0.2) is 9.78 Å². The number of carbonyl (C=O) groups excluding carboxylic acids is 7. The summed E-state index contributed by atoms with van der Waals surface area (Å²) in [5.74, 6) is -9.94. The summed E-state index contributed by atoms with van der Waals surface area (Å²) in [5, 5.41) is 32.4. The van der Waals surface area contributed by atoms with Gasteiger partial charge in [0.2, 0.25) is 41.4 Å². The third kappa shape index (κ3) is 18.2. The lowest BCUT2D eigenvalue weighted by molar-refractivity contribution is -0.143. The molecular formula is C30H49N13O11. The number of guanidine groups is 1. The molecule has 1 heterocycles. The van der Waals surface area contributed by atoms with Crippen LogP contribution in [0.4, 0.5) is 0 Å². The number of aromatic nitrogens is 2. The lowest BCUT2D eigenvalue weighted by atomic mass is 10.0. The molecule has 0 fully saturated rings. The zero-order valence-corrected chi connectivity index (χ0v) is 29.8. The summed E-state index contributed by atoms with van der Waals surface area (Å²) in [5.41, 5.74) is 21.6. The number of imidazole rings is 1.